The Balaban J connectivity index is 1.78. The van der Waals surface area contributed by atoms with Gasteiger partial charge in [0.2, 0.25) is 0 Å². The SMILES string of the molecule is Cc1ccc(S(=O)(=O)N(C)c2ccc(C(=O)N3CCOC(C)C3)cc2)cc1. The van der Waals surface area contributed by atoms with Crippen molar-refractivity contribution in [3.8, 4) is 0 Å². The maximum absolute atomic E-state index is 12.8. The zero-order valence-corrected chi connectivity index (χ0v) is 16.6. The van der Waals surface area contributed by atoms with E-state index in [1.807, 2.05) is 13.8 Å². The minimum absolute atomic E-state index is 0.0211. The molecule has 0 saturated carbocycles. The number of ether oxygens (including phenoxy) is 1. The second-order valence-electron chi connectivity index (χ2n) is 6.77. The van der Waals surface area contributed by atoms with Crippen LogP contribution in [0.15, 0.2) is 53.4 Å². The highest BCUT2D eigenvalue weighted by Gasteiger charge is 2.24. The molecule has 1 fully saturated rings. The zero-order valence-electron chi connectivity index (χ0n) is 15.8. The van der Waals surface area contributed by atoms with Gasteiger partial charge in [0.1, 0.15) is 0 Å². The van der Waals surface area contributed by atoms with Gasteiger partial charge in [-0.1, -0.05) is 17.7 Å². The van der Waals surface area contributed by atoms with Crippen LogP contribution in [0, 0.1) is 6.92 Å². The third-order valence-corrected chi connectivity index (χ3v) is 6.49. The molecule has 1 atom stereocenters. The average molecular weight is 388 g/mol. The molecule has 1 heterocycles. The number of morpholine rings is 1. The smallest absolute Gasteiger partial charge is 0.264 e. The Labute approximate surface area is 160 Å². The number of anilines is 1. The van der Waals surface area contributed by atoms with Crippen LogP contribution in [0.5, 0.6) is 0 Å². The van der Waals surface area contributed by atoms with Crippen LogP contribution in [0.1, 0.15) is 22.8 Å². The van der Waals surface area contributed by atoms with Crippen molar-refractivity contribution in [2.75, 3.05) is 31.0 Å². The molecule has 6 nitrogen and oxygen atoms in total. The Morgan fingerprint density at radius 3 is 2.33 bits per heavy atom. The lowest BCUT2D eigenvalue weighted by Crippen LogP contribution is -2.44. The highest BCUT2D eigenvalue weighted by molar-refractivity contribution is 7.92. The molecule has 0 aliphatic carbocycles. The Bertz CT molecular complexity index is 908. The molecule has 144 valence electrons. The lowest BCUT2D eigenvalue weighted by Gasteiger charge is -2.31. The van der Waals surface area contributed by atoms with Crippen molar-refractivity contribution in [1.82, 2.24) is 4.90 Å². The van der Waals surface area contributed by atoms with Gasteiger partial charge in [0.15, 0.2) is 0 Å². The van der Waals surface area contributed by atoms with E-state index in [4.69, 9.17) is 4.74 Å². The Morgan fingerprint density at radius 2 is 1.74 bits per heavy atom. The molecule has 3 rings (SSSR count). The molecule has 1 amide bonds. The summed E-state index contributed by atoms with van der Waals surface area (Å²) in [6.07, 6.45) is 0.0211. The number of benzene rings is 2. The van der Waals surface area contributed by atoms with Crippen molar-refractivity contribution >= 4 is 21.6 Å². The number of hydrogen-bond acceptors (Lipinski definition) is 4. The molecule has 0 radical (unpaired) electrons. The first-order chi connectivity index (χ1) is 12.8. The van der Waals surface area contributed by atoms with Crippen molar-refractivity contribution in [1.29, 1.82) is 0 Å². The average Bonchev–Trinajstić information content (AvgIpc) is 2.67. The molecule has 7 heteroatoms. The monoisotopic (exact) mass is 388 g/mol. The Morgan fingerprint density at radius 1 is 1.11 bits per heavy atom. The van der Waals surface area contributed by atoms with Crippen molar-refractivity contribution in [2.45, 2.75) is 24.8 Å². The second kappa shape index (κ2) is 7.70. The van der Waals surface area contributed by atoms with Crippen LogP contribution in [-0.2, 0) is 14.8 Å². The fourth-order valence-electron chi connectivity index (χ4n) is 3.01. The second-order valence-corrected chi connectivity index (χ2v) is 8.73. The first-order valence-electron chi connectivity index (χ1n) is 8.85. The van der Waals surface area contributed by atoms with Gasteiger partial charge in [-0.2, -0.15) is 0 Å². The molecule has 0 spiro atoms. The van der Waals surface area contributed by atoms with Gasteiger partial charge in [0.05, 0.1) is 23.3 Å². The molecule has 1 unspecified atom stereocenters. The topological polar surface area (TPSA) is 66.9 Å². The quantitative estimate of drug-likeness (QED) is 0.808. The molecule has 1 aliphatic rings. The summed E-state index contributed by atoms with van der Waals surface area (Å²) in [4.78, 5) is 14.6. The van der Waals surface area contributed by atoms with Gasteiger partial charge in [-0.15, -0.1) is 0 Å². The molecule has 0 aromatic heterocycles. The first kappa shape index (κ1) is 19.4. The van der Waals surface area contributed by atoms with E-state index >= 15 is 0 Å². The maximum atomic E-state index is 12.8. The Kier molecular flexibility index (Phi) is 5.53. The van der Waals surface area contributed by atoms with Gasteiger partial charge in [0.25, 0.3) is 15.9 Å². The van der Waals surface area contributed by atoms with E-state index in [0.717, 1.165) is 5.56 Å². The van der Waals surface area contributed by atoms with Crippen LogP contribution in [0.2, 0.25) is 0 Å². The number of sulfonamides is 1. The first-order valence-corrected chi connectivity index (χ1v) is 10.3. The molecule has 0 N–H and O–H groups in total. The fourth-order valence-corrected chi connectivity index (χ4v) is 4.20. The summed E-state index contributed by atoms with van der Waals surface area (Å²) in [7, 11) is -2.14. The van der Waals surface area contributed by atoms with E-state index in [-0.39, 0.29) is 16.9 Å². The lowest BCUT2D eigenvalue weighted by molar-refractivity contribution is -0.0124. The fraction of sp³-hybridized carbons (Fsp3) is 0.350. The maximum Gasteiger partial charge on any atom is 0.264 e. The van der Waals surface area contributed by atoms with Crippen LogP contribution in [0.25, 0.3) is 0 Å². The number of carbonyl (C=O) groups excluding carboxylic acids is 1. The highest BCUT2D eigenvalue weighted by atomic mass is 32.2. The minimum atomic E-state index is -3.65. The van der Waals surface area contributed by atoms with Gasteiger partial charge in [-0.25, -0.2) is 8.42 Å². The van der Waals surface area contributed by atoms with Crippen LogP contribution < -0.4 is 4.31 Å². The molecule has 1 aliphatic heterocycles. The summed E-state index contributed by atoms with van der Waals surface area (Å²) >= 11 is 0. The number of nitrogens with zero attached hydrogens (tertiary/aromatic N) is 2. The van der Waals surface area contributed by atoms with Crippen molar-refractivity contribution < 1.29 is 17.9 Å². The summed E-state index contributed by atoms with van der Waals surface area (Å²) in [5, 5.41) is 0. The van der Waals surface area contributed by atoms with E-state index in [2.05, 4.69) is 0 Å². The molecule has 2 aromatic carbocycles. The van der Waals surface area contributed by atoms with Gasteiger partial charge >= 0.3 is 0 Å². The van der Waals surface area contributed by atoms with Gasteiger partial charge in [-0.05, 0) is 50.2 Å². The molecule has 2 aromatic rings. The Hall–Kier alpha value is -2.38. The third kappa shape index (κ3) is 4.14. The van der Waals surface area contributed by atoms with Crippen molar-refractivity contribution in [2.24, 2.45) is 0 Å². The summed E-state index contributed by atoms with van der Waals surface area (Å²) in [6, 6.07) is 13.4. The van der Waals surface area contributed by atoms with Gasteiger partial charge in [-0.3, -0.25) is 9.10 Å². The van der Waals surface area contributed by atoms with Crippen molar-refractivity contribution in [3.63, 3.8) is 0 Å². The molecular formula is C20H24N2O4S. The van der Waals surface area contributed by atoms with E-state index in [1.54, 1.807) is 53.4 Å². The number of rotatable bonds is 4. The van der Waals surface area contributed by atoms with Crippen LogP contribution in [-0.4, -0.2) is 52.1 Å². The van der Waals surface area contributed by atoms with Crippen LogP contribution >= 0.6 is 0 Å². The van der Waals surface area contributed by atoms with Crippen LogP contribution in [0.4, 0.5) is 5.69 Å². The number of aryl methyl sites for hydroxylation is 1. The zero-order chi connectivity index (χ0) is 19.6. The van der Waals surface area contributed by atoms with Gasteiger partial charge in [0, 0.05) is 25.7 Å². The lowest BCUT2D eigenvalue weighted by atomic mass is 10.1. The number of hydrogen-bond donors (Lipinski definition) is 0. The molecular weight excluding hydrogens is 364 g/mol. The summed E-state index contributed by atoms with van der Waals surface area (Å²) in [5.41, 5.74) is 2.04. The van der Waals surface area contributed by atoms with Crippen molar-refractivity contribution in [3.05, 3.63) is 59.7 Å². The normalized spacial score (nSPS) is 17.6. The van der Waals surface area contributed by atoms with E-state index in [0.29, 0.717) is 30.9 Å². The van der Waals surface area contributed by atoms with Gasteiger partial charge < -0.3 is 9.64 Å². The summed E-state index contributed by atoms with van der Waals surface area (Å²) in [5.74, 6) is -0.0688. The molecule has 0 bridgehead atoms. The summed E-state index contributed by atoms with van der Waals surface area (Å²) in [6.45, 7) is 5.50. The number of carbonyl (C=O) groups is 1. The largest absolute Gasteiger partial charge is 0.375 e. The van der Waals surface area contributed by atoms with E-state index in [1.165, 1.54) is 11.4 Å². The van der Waals surface area contributed by atoms with E-state index in [9.17, 15) is 13.2 Å². The van der Waals surface area contributed by atoms with E-state index < -0.39 is 10.0 Å². The molecule has 1 saturated heterocycles. The number of amides is 1. The molecule has 27 heavy (non-hydrogen) atoms. The third-order valence-electron chi connectivity index (χ3n) is 4.69. The van der Waals surface area contributed by atoms with Crippen LogP contribution in [0.3, 0.4) is 0 Å². The summed E-state index contributed by atoms with van der Waals surface area (Å²) < 4.78 is 32.3. The minimum Gasteiger partial charge on any atom is -0.375 e. The highest BCUT2D eigenvalue weighted by Crippen LogP contribution is 2.23. The standard InChI is InChI=1S/C20H24N2O4S/c1-15-4-10-19(11-5-15)27(24,25)21(3)18-8-6-17(7-9-18)20(23)22-12-13-26-16(2)14-22/h4-11,16H,12-14H2,1-3H3. The predicted octanol–water partition coefficient (Wildman–Crippen LogP) is 2.68. The predicted molar refractivity (Wildman–Crippen MR) is 105 cm³/mol.